The van der Waals surface area contributed by atoms with E-state index in [2.05, 4.69) is 35.6 Å². The van der Waals surface area contributed by atoms with Gasteiger partial charge in [-0.05, 0) is 44.1 Å². The predicted octanol–water partition coefficient (Wildman–Crippen LogP) is 4.15. The van der Waals surface area contributed by atoms with E-state index >= 15 is 0 Å². The van der Waals surface area contributed by atoms with Crippen molar-refractivity contribution in [3.8, 4) is 11.3 Å². The van der Waals surface area contributed by atoms with Crippen LogP contribution in [0.5, 0.6) is 0 Å². The van der Waals surface area contributed by atoms with Crippen LogP contribution in [0.3, 0.4) is 0 Å². The average Bonchev–Trinajstić information content (AvgIpc) is 3.34. The highest BCUT2D eigenvalue weighted by Gasteiger charge is 2.31. The van der Waals surface area contributed by atoms with Gasteiger partial charge in [-0.1, -0.05) is 23.2 Å². The molecule has 35 heavy (non-hydrogen) atoms. The summed E-state index contributed by atoms with van der Waals surface area (Å²) in [5.74, 6) is 0.999. The van der Waals surface area contributed by atoms with Crippen molar-refractivity contribution in [2.24, 2.45) is 11.8 Å². The van der Waals surface area contributed by atoms with Gasteiger partial charge in [0.15, 0.2) is 5.15 Å². The first-order chi connectivity index (χ1) is 16.9. The maximum Gasteiger partial charge on any atom is 0.407 e. The summed E-state index contributed by atoms with van der Waals surface area (Å²) in [6.45, 7) is 2.31. The second-order valence-electron chi connectivity index (χ2n) is 8.71. The van der Waals surface area contributed by atoms with Gasteiger partial charge < -0.3 is 25.4 Å². The molecule has 3 N–H and O–H groups in total. The van der Waals surface area contributed by atoms with Crippen molar-refractivity contribution in [1.82, 2.24) is 20.3 Å². The Hall–Kier alpha value is -2.69. The van der Waals surface area contributed by atoms with Crippen LogP contribution in [0.15, 0.2) is 18.5 Å². The maximum atomic E-state index is 12.8. The number of anilines is 2. The normalized spacial score (nSPS) is 20.3. The minimum absolute atomic E-state index is 0.0996. The van der Waals surface area contributed by atoms with Gasteiger partial charge in [-0.15, -0.1) is 0 Å². The molecule has 2 atom stereocenters. The summed E-state index contributed by atoms with van der Waals surface area (Å²) in [6.07, 6.45) is 6.41. The molecule has 2 aliphatic rings. The van der Waals surface area contributed by atoms with Crippen LogP contribution < -0.4 is 16.0 Å². The Morgan fingerprint density at radius 2 is 1.91 bits per heavy atom. The smallest absolute Gasteiger partial charge is 0.407 e. The number of aromatic nitrogens is 3. The van der Waals surface area contributed by atoms with E-state index in [-0.39, 0.29) is 23.0 Å². The number of carbonyl (C=O) groups excluding carboxylic acids is 2. The molecule has 4 rings (SSSR count). The van der Waals surface area contributed by atoms with E-state index in [4.69, 9.17) is 27.9 Å². The van der Waals surface area contributed by atoms with Gasteiger partial charge in [0.1, 0.15) is 17.3 Å². The third-order valence-electron chi connectivity index (χ3n) is 6.31. The molecule has 0 radical (unpaired) electrons. The summed E-state index contributed by atoms with van der Waals surface area (Å²) in [5, 5.41) is 9.43. The average molecular weight is 523 g/mol. The van der Waals surface area contributed by atoms with E-state index in [1.165, 1.54) is 13.3 Å². The molecule has 2 aromatic rings. The van der Waals surface area contributed by atoms with Gasteiger partial charge in [0, 0.05) is 43.5 Å². The quantitative estimate of drug-likeness (QED) is 0.494. The maximum absolute atomic E-state index is 12.8. The second-order valence-corrected chi connectivity index (χ2v) is 9.48. The molecule has 2 unspecified atom stereocenters. The van der Waals surface area contributed by atoms with Crippen molar-refractivity contribution in [2.75, 3.05) is 37.5 Å². The molecule has 0 aromatic carbocycles. The molecule has 0 spiro atoms. The minimum Gasteiger partial charge on any atom is -0.453 e. The number of ether oxygens (including phenoxy) is 2. The van der Waals surface area contributed by atoms with Crippen molar-refractivity contribution >= 4 is 46.8 Å². The lowest BCUT2D eigenvalue weighted by atomic mass is 10.0. The summed E-state index contributed by atoms with van der Waals surface area (Å²) >= 11 is 12.8. The van der Waals surface area contributed by atoms with Crippen molar-refractivity contribution in [2.45, 2.75) is 38.1 Å². The predicted molar refractivity (Wildman–Crippen MR) is 133 cm³/mol. The fraction of sp³-hybridized carbons (Fsp3) is 0.522. The molecule has 2 aromatic heterocycles. The lowest BCUT2D eigenvalue weighted by Crippen LogP contribution is -2.33. The number of methoxy groups -OCH3 is 1. The fourth-order valence-corrected chi connectivity index (χ4v) is 4.71. The van der Waals surface area contributed by atoms with Gasteiger partial charge in [0.25, 0.3) is 0 Å². The molecule has 2 fully saturated rings. The van der Waals surface area contributed by atoms with Crippen LogP contribution in [0.2, 0.25) is 10.2 Å². The van der Waals surface area contributed by atoms with E-state index in [0.29, 0.717) is 53.1 Å². The molecule has 1 aliphatic carbocycles. The summed E-state index contributed by atoms with van der Waals surface area (Å²) in [5.41, 5.74) is 0.913. The SMILES string of the molecule is COC(=O)NC1CCC(C(=O)Nc2cc(-c3nc(NCC4CCOCC4)cnc3Cl)c(Cl)cn2)C1. The molecular formula is C23H28Cl2N6O4. The zero-order valence-corrected chi connectivity index (χ0v) is 20.9. The zero-order chi connectivity index (χ0) is 24.8. The summed E-state index contributed by atoms with van der Waals surface area (Å²) in [4.78, 5) is 37.3. The van der Waals surface area contributed by atoms with Crippen LogP contribution in [0.1, 0.15) is 32.1 Å². The molecule has 3 heterocycles. The Morgan fingerprint density at radius 3 is 2.69 bits per heavy atom. The van der Waals surface area contributed by atoms with Gasteiger partial charge in [-0.25, -0.2) is 19.7 Å². The van der Waals surface area contributed by atoms with E-state index < -0.39 is 6.09 Å². The third kappa shape index (κ3) is 6.71. The molecule has 10 nitrogen and oxygen atoms in total. The Bertz CT molecular complexity index is 1070. The lowest BCUT2D eigenvalue weighted by molar-refractivity contribution is -0.119. The summed E-state index contributed by atoms with van der Waals surface area (Å²) in [7, 11) is 1.31. The number of rotatable bonds is 7. The zero-order valence-electron chi connectivity index (χ0n) is 19.4. The molecule has 0 bridgehead atoms. The number of hydrogen-bond acceptors (Lipinski definition) is 8. The van der Waals surface area contributed by atoms with Crippen LogP contribution in [0.25, 0.3) is 11.3 Å². The molecule has 1 aliphatic heterocycles. The third-order valence-corrected chi connectivity index (χ3v) is 6.89. The Morgan fingerprint density at radius 1 is 1.11 bits per heavy atom. The first-order valence-electron chi connectivity index (χ1n) is 11.6. The number of halogens is 2. The van der Waals surface area contributed by atoms with Crippen LogP contribution in [0.4, 0.5) is 16.4 Å². The largest absolute Gasteiger partial charge is 0.453 e. The van der Waals surface area contributed by atoms with Crippen molar-refractivity contribution in [3.05, 3.63) is 28.6 Å². The first-order valence-corrected chi connectivity index (χ1v) is 12.3. The number of pyridine rings is 1. The lowest BCUT2D eigenvalue weighted by Gasteiger charge is -2.22. The highest BCUT2D eigenvalue weighted by atomic mass is 35.5. The Kier molecular flexibility index (Phi) is 8.59. The van der Waals surface area contributed by atoms with Gasteiger partial charge in [0.2, 0.25) is 5.91 Å². The van der Waals surface area contributed by atoms with E-state index in [0.717, 1.165) is 32.6 Å². The topological polar surface area (TPSA) is 127 Å². The van der Waals surface area contributed by atoms with Crippen molar-refractivity contribution < 1.29 is 19.1 Å². The standard InChI is InChI=1S/C23H28Cl2N6O4/c1-34-23(33)29-15-3-2-14(8-15)22(32)31-18-9-16(17(24)11-27-18)20-21(25)28-12-19(30-20)26-10-13-4-6-35-7-5-13/h9,11-15H,2-8,10H2,1H3,(H,26,30)(H,29,33)(H,27,31,32). The molecule has 188 valence electrons. The fourth-order valence-electron chi connectivity index (χ4n) is 4.32. The van der Waals surface area contributed by atoms with Gasteiger partial charge in [-0.3, -0.25) is 4.79 Å². The Balaban J connectivity index is 1.43. The number of amides is 2. The van der Waals surface area contributed by atoms with Crippen molar-refractivity contribution in [3.63, 3.8) is 0 Å². The highest BCUT2D eigenvalue weighted by molar-refractivity contribution is 6.35. The van der Waals surface area contributed by atoms with Crippen LogP contribution >= 0.6 is 23.2 Å². The van der Waals surface area contributed by atoms with E-state index in [1.807, 2.05) is 0 Å². The van der Waals surface area contributed by atoms with Gasteiger partial charge in [-0.2, -0.15) is 0 Å². The second kappa shape index (κ2) is 11.8. The van der Waals surface area contributed by atoms with E-state index in [9.17, 15) is 9.59 Å². The van der Waals surface area contributed by atoms with E-state index in [1.54, 1.807) is 12.3 Å². The Labute approximate surface area is 213 Å². The number of carbonyl (C=O) groups is 2. The van der Waals surface area contributed by atoms with Gasteiger partial charge in [0.05, 0.1) is 18.3 Å². The van der Waals surface area contributed by atoms with Crippen LogP contribution in [-0.4, -0.2) is 59.9 Å². The number of nitrogens with one attached hydrogen (secondary N) is 3. The summed E-state index contributed by atoms with van der Waals surface area (Å²) in [6, 6.07) is 1.54. The molecule has 12 heteroatoms. The summed E-state index contributed by atoms with van der Waals surface area (Å²) < 4.78 is 10.0. The van der Waals surface area contributed by atoms with Crippen LogP contribution in [0, 0.1) is 11.8 Å². The molecule has 2 amide bonds. The molecular weight excluding hydrogens is 495 g/mol. The monoisotopic (exact) mass is 522 g/mol. The minimum atomic E-state index is -0.498. The highest BCUT2D eigenvalue weighted by Crippen LogP contribution is 2.33. The van der Waals surface area contributed by atoms with Crippen LogP contribution in [-0.2, 0) is 14.3 Å². The number of nitrogens with zero attached hydrogens (tertiary/aromatic N) is 3. The number of alkyl carbamates (subject to hydrolysis) is 1. The van der Waals surface area contributed by atoms with Gasteiger partial charge >= 0.3 is 6.09 Å². The van der Waals surface area contributed by atoms with Crippen molar-refractivity contribution in [1.29, 1.82) is 0 Å². The first kappa shape index (κ1) is 25.4. The molecule has 1 saturated carbocycles. The number of hydrogen-bond donors (Lipinski definition) is 3. The molecule has 1 saturated heterocycles.